The summed E-state index contributed by atoms with van der Waals surface area (Å²) in [5, 5.41) is 13.4. The molecule has 0 aliphatic carbocycles. The van der Waals surface area contributed by atoms with Crippen molar-refractivity contribution in [3.8, 4) is 5.75 Å². The van der Waals surface area contributed by atoms with E-state index in [4.69, 9.17) is 0 Å². The van der Waals surface area contributed by atoms with Crippen LogP contribution in [0.15, 0.2) is 47.4 Å². The van der Waals surface area contributed by atoms with E-state index in [2.05, 4.69) is 5.32 Å². The van der Waals surface area contributed by atoms with E-state index in [-0.39, 0.29) is 23.1 Å². The SMILES string of the molecule is CC(=O)NCc1cc2cc(C)c(O)cc2n1S(=O)(=O)c1ccc(C)cc1. The highest BCUT2D eigenvalue weighted by atomic mass is 32.2. The second-order valence-electron chi connectivity index (χ2n) is 6.33. The highest BCUT2D eigenvalue weighted by molar-refractivity contribution is 7.90. The van der Waals surface area contributed by atoms with Gasteiger partial charge in [-0.2, -0.15) is 0 Å². The van der Waals surface area contributed by atoms with Gasteiger partial charge in [0.1, 0.15) is 5.75 Å². The minimum absolute atomic E-state index is 0.0158. The Balaban J connectivity index is 2.27. The zero-order chi connectivity index (χ0) is 19.1. The lowest BCUT2D eigenvalue weighted by atomic mass is 10.1. The molecular weight excluding hydrogens is 352 g/mol. The molecule has 1 amide bonds. The minimum atomic E-state index is -3.89. The molecule has 0 atom stereocenters. The summed E-state index contributed by atoms with van der Waals surface area (Å²) in [4.78, 5) is 11.4. The Bertz CT molecular complexity index is 1100. The summed E-state index contributed by atoms with van der Waals surface area (Å²) in [5.74, 6) is -0.240. The summed E-state index contributed by atoms with van der Waals surface area (Å²) in [7, 11) is -3.89. The number of amides is 1. The van der Waals surface area contributed by atoms with Gasteiger partial charge in [-0.15, -0.1) is 0 Å². The van der Waals surface area contributed by atoms with Crippen molar-refractivity contribution in [3.63, 3.8) is 0 Å². The maximum absolute atomic E-state index is 13.3. The van der Waals surface area contributed by atoms with Crippen LogP contribution in [-0.2, 0) is 21.4 Å². The minimum Gasteiger partial charge on any atom is -0.508 e. The van der Waals surface area contributed by atoms with E-state index in [1.807, 2.05) is 6.92 Å². The van der Waals surface area contributed by atoms with E-state index in [1.165, 1.54) is 17.0 Å². The van der Waals surface area contributed by atoms with Gasteiger partial charge in [-0.3, -0.25) is 4.79 Å². The molecule has 0 fully saturated rings. The number of nitrogens with one attached hydrogen (secondary N) is 1. The van der Waals surface area contributed by atoms with Crippen LogP contribution in [0.3, 0.4) is 0 Å². The van der Waals surface area contributed by atoms with Crippen LogP contribution in [0, 0.1) is 13.8 Å². The molecule has 3 aromatic rings. The number of hydrogen-bond acceptors (Lipinski definition) is 4. The monoisotopic (exact) mass is 372 g/mol. The molecule has 0 aliphatic rings. The third kappa shape index (κ3) is 3.17. The lowest BCUT2D eigenvalue weighted by Gasteiger charge is -2.13. The van der Waals surface area contributed by atoms with Gasteiger partial charge in [-0.1, -0.05) is 17.7 Å². The van der Waals surface area contributed by atoms with E-state index >= 15 is 0 Å². The highest BCUT2D eigenvalue weighted by Crippen LogP contribution is 2.30. The molecule has 0 bridgehead atoms. The maximum Gasteiger partial charge on any atom is 0.268 e. The average Bonchev–Trinajstić information content (AvgIpc) is 2.91. The lowest BCUT2D eigenvalue weighted by Crippen LogP contribution is -2.23. The van der Waals surface area contributed by atoms with E-state index in [0.717, 1.165) is 5.56 Å². The molecule has 0 radical (unpaired) electrons. The molecule has 6 nitrogen and oxygen atoms in total. The van der Waals surface area contributed by atoms with Gasteiger partial charge in [0.05, 0.1) is 22.7 Å². The van der Waals surface area contributed by atoms with E-state index in [0.29, 0.717) is 22.2 Å². The van der Waals surface area contributed by atoms with Crippen molar-refractivity contribution in [1.29, 1.82) is 0 Å². The van der Waals surface area contributed by atoms with Crippen LogP contribution in [-0.4, -0.2) is 23.4 Å². The Kier molecular flexibility index (Phi) is 4.50. The molecule has 26 heavy (non-hydrogen) atoms. The fourth-order valence-electron chi connectivity index (χ4n) is 2.83. The van der Waals surface area contributed by atoms with E-state index < -0.39 is 10.0 Å². The predicted molar refractivity (Wildman–Crippen MR) is 99.6 cm³/mol. The topological polar surface area (TPSA) is 88.4 Å². The zero-order valence-corrected chi connectivity index (χ0v) is 15.6. The fourth-order valence-corrected chi connectivity index (χ4v) is 4.36. The third-order valence-corrected chi connectivity index (χ3v) is 6.00. The Morgan fingerprint density at radius 2 is 1.77 bits per heavy atom. The van der Waals surface area contributed by atoms with Gasteiger partial charge in [0.2, 0.25) is 5.91 Å². The number of carbonyl (C=O) groups is 1. The van der Waals surface area contributed by atoms with Gasteiger partial charge in [-0.05, 0) is 43.7 Å². The molecule has 2 N–H and O–H groups in total. The number of rotatable bonds is 4. The molecule has 2 aromatic carbocycles. The second-order valence-corrected chi connectivity index (χ2v) is 8.11. The van der Waals surface area contributed by atoms with Gasteiger partial charge in [-0.25, -0.2) is 12.4 Å². The number of phenols is 1. The number of aryl methyl sites for hydroxylation is 2. The van der Waals surface area contributed by atoms with Crippen molar-refractivity contribution in [2.75, 3.05) is 0 Å². The van der Waals surface area contributed by atoms with E-state index in [1.54, 1.807) is 43.3 Å². The number of fused-ring (bicyclic) bond motifs is 1. The van der Waals surface area contributed by atoms with Crippen molar-refractivity contribution >= 4 is 26.8 Å². The van der Waals surface area contributed by atoms with Crippen LogP contribution in [0.2, 0.25) is 0 Å². The number of benzene rings is 2. The summed E-state index contributed by atoms with van der Waals surface area (Å²) in [6, 6.07) is 11.4. The summed E-state index contributed by atoms with van der Waals surface area (Å²) in [6.45, 7) is 5.06. The number of hydrogen-bond donors (Lipinski definition) is 2. The Morgan fingerprint density at radius 3 is 2.38 bits per heavy atom. The first kappa shape index (κ1) is 18.0. The van der Waals surface area contributed by atoms with Crippen LogP contribution in [0.25, 0.3) is 10.9 Å². The van der Waals surface area contributed by atoms with Gasteiger partial charge < -0.3 is 10.4 Å². The number of carbonyl (C=O) groups excluding carboxylic acids is 1. The Hall–Kier alpha value is -2.80. The normalized spacial score (nSPS) is 11.7. The quantitative estimate of drug-likeness (QED) is 0.737. The van der Waals surface area contributed by atoms with Gasteiger partial charge in [0, 0.05) is 18.4 Å². The van der Waals surface area contributed by atoms with Crippen LogP contribution in [0.1, 0.15) is 23.7 Å². The molecular formula is C19H20N2O4S. The van der Waals surface area contributed by atoms with Crippen molar-refractivity contribution in [2.24, 2.45) is 0 Å². The first-order valence-corrected chi connectivity index (χ1v) is 9.55. The molecule has 0 unspecified atom stereocenters. The molecule has 7 heteroatoms. The molecule has 136 valence electrons. The molecule has 0 saturated heterocycles. The average molecular weight is 372 g/mol. The molecule has 0 saturated carbocycles. The Labute approximate surface area is 152 Å². The predicted octanol–water partition coefficient (Wildman–Crippen LogP) is 2.84. The van der Waals surface area contributed by atoms with Crippen LogP contribution >= 0.6 is 0 Å². The van der Waals surface area contributed by atoms with Crippen molar-refractivity contribution in [3.05, 3.63) is 59.3 Å². The molecule has 1 aromatic heterocycles. The highest BCUT2D eigenvalue weighted by Gasteiger charge is 2.23. The number of aromatic hydroxyl groups is 1. The molecule has 1 heterocycles. The van der Waals surface area contributed by atoms with Gasteiger partial charge >= 0.3 is 0 Å². The van der Waals surface area contributed by atoms with Crippen LogP contribution in [0.5, 0.6) is 5.75 Å². The standard InChI is InChI=1S/C19H20N2O4S/c1-12-4-6-17(7-5-12)26(24,25)21-16(11-20-14(3)22)9-15-8-13(2)19(23)10-18(15)21/h4-10,23H,11H2,1-3H3,(H,20,22). The van der Waals surface area contributed by atoms with E-state index in [9.17, 15) is 18.3 Å². The van der Waals surface area contributed by atoms with Crippen LogP contribution in [0.4, 0.5) is 0 Å². The van der Waals surface area contributed by atoms with Crippen molar-refractivity contribution < 1.29 is 18.3 Å². The maximum atomic E-state index is 13.3. The van der Waals surface area contributed by atoms with Crippen molar-refractivity contribution in [1.82, 2.24) is 9.29 Å². The number of nitrogens with zero attached hydrogens (tertiary/aromatic N) is 1. The molecule has 0 aliphatic heterocycles. The molecule has 0 spiro atoms. The summed E-state index contributed by atoms with van der Waals surface area (Å²) < 4.78 is 27.7. The van der Waals surface area contributed by atoms with Crippen LogP contribution < -0.4 is 5.32 Å². The first-order valence-electron chi connectivity index (χ1n) is 8.11. The van der Waals surface area contributed by atoms with Gasteiger partial charge in [0.25, 0.3) is 10.0 Å². The first-order chi connectivity index (χ1) is 12.2. The second kappa shape index (κ2) is 6.49. The smallest absolute Gasteiger partial charge is 0.268 e. The largest absolute Gasteiger partial charge is 0.508 e. The fraction of sp³-hybridized carbons (Fsp3) is 0.211. The van der Waals surface area contributed by atoms with Crippen molar-refractivity contribution in [2.45, 2.75) is 32.2 Å². The summed E-state index contributed by atoms with van der Waals surface area (Å²) in [6.07, 6.45) is 0. The molecule has 3 rings (SSSR count). The third-order valence-electron chi connectivity index (χ3n) is 4.22. The number of phenolic OH excluding ortho intramolecular Hbond substituents is 1. The number of aromatic nitrogens is 1. The van der Waals surface area contributed by atoms with Gasteiger partial charge in [0.15, 0.2) is 0 Å². The zero-order valence-electron chi connectivity index (χ0n) is 14.8. The summed E-state index contributed by atoms with van der Waals surface area (Å²) in [5.41, 5.74) is 2.39. The Morgan fingerprint density at radius 1 is 1.12 bits per heavy atom. The summed E-state index contributed by atoms with van der Waals surface area (Å²) >= 11 is 0. The lowest BCUT2D eigenvalue weighted by molar-refractivity contribution is -0.119.